The quantitative estimate of drug-likeness (QED) is 0.517. The van der Waals surface area contributed by atoms with Crippen LogP contribution < -0.4 is 14.9 Å². The van der Waals surface area contributed by atoms with E-state index in [1.54, 1.807) is 30.3 Å². The second kappa shape index (κ2) is 10.4. The Bertz CT molecular complexity index is 1190. The first-order chi connectivity index (χ1) is 16.2. The van der Waals surface area contributed by atoms with E-state index < -0.39 is 6.10 Å². The fraction of sp³-hybridized carbons (Fsp3) is 0.423. The number of aliphatic hydroxyl groups excluding tert-OH is 1. The highest BCUT2D eigenvalue weighted by atomic mass is 35.5. The lowest BCUT2D eigenvalue weighted by atomic mass is 10.1. The molecule has 4 rings (SSSR count). The Labute approximate surface area is 203 Å². The fourth-order valence-corrected chi connectivity index (χ4v) is 4.43. The lowest BCUT2D eigenvalue weighted by Crippen LogP contribution is -2.48. The molecule has 1 fully saturated rings. The standard InChI is InChI=1S/C26H30ClNO6/c1-15-7-21(8-16(2)25(15)27)34-24-14-32-23-9-20(5-6-22(23)26(24)30)31-13-19(29)12-28-10-17(3)33-18(4)11-28/h5-9,14,17-19,29H,10-13H2,1-4H3. The van der Waals surface area contributed by atoms with Crippen molar-refractivity contribution in [2.75, 3.05) is 26.2 Å². The molecule has 0 spiro atoms. The van der Waals surface area contributed by atoms with Crippen molar-refractivity contribution in [3.63, 3.8) is 0 Å². The van der Waals surface area contributed by atoms with Gasteiger partial charge < -0.3 is 23.7 Å². The van der Waals surface area contributed by atoms with E-state index in [9.17, 15) is 9.90 Å². The summed E-state index contributed by atoms with van der Waals surface area (Å²) < 4.78 is 22.9. The molecule has 0 radical (unpaired) electrons. The molecule has 8 heteroatoms. The van der Waals surface area contributed by atoms with E-state index in [0.29, 0.717) is 34.0 Å². The van der Waals surface area contributed by atoms with E-state index >= 15 is 0 Å². The number of morpholine rings is 1. The Hall–Kier alpha value is -2.58. The molecule has 1 aliphatic rings. The van der Waals surface area contributed by atoms with E-state index in [4.69, 9.17) is 30.2 Å². The van der Waals surface area contributed by atoms with Crippen molar-refractivity contribution in [3.05, 3.63) is 63.0 Å². The van der Waals surface area contributed by atoms with Crippen LogP contribution in [0.4, 0.5) is 0 Å². The Morgan fingerprint density at radius 3 is 2.47 bits per heavy atom. The van der Waals surface area contributed by atoms with Crippen LogP contribution in [0, 0.1) is 13.8 Å². The minimum absolute atomic E-state index is 0.0895. The highest BCUT2D eigenvalue weighted by Crippen LogP contribution is 2.29. The molecule has 34 heavy (non-hydrogen) atoms. The average Bonchev–Trinajstić information content (AvgIpc) is 2.77. The van der Waals surface area contributed by atoms with E-state index in [1.165, 1.54) is 6.26 Å². The fourth-order valence-electron chi connectivity index (χ4n) is 4.32. The van der Waals surface area contributed by atoms with Crippen molar-refractivity contribution in [1.82, 2.24) is 4.90 Å². The average molecular weight is 488 g/mol. The number of fused-ring (bicyclic) bond motifs is 1. The first kappa shape index (κ1) is 24.5. The van der Waals surface area contributed by atoms with E-state index in [0.717, 1.165) is 24.2 Å². The number of β-amino-alcohol motifs (C(OH)–C–C–N with tert-alkyl or cyclic N) is 1. The summed E-state index contributed by atoms with van der Waals surface area (Å²) in [7, 11) is 0. The molecule has 3 unspecified atom stereocenters. The van der Waals surface area contributed by atoms with Crippen molar-refractivity contribution in [3.8, 4) is 17.2 Å². The highest BCUT2D eigenvalue weighted by Gasteiger charge is 2.24. The lowest BCUT2D eigenvalue weighted by molar-refractivity contribution is -0.0786. The maximum absolute atomic E-state index is 12.9. The minimum atomic E-state index is -0.651. The highest BCUT2D eigenvalue weighted by molar-refractivity contribution is 6.32. The summed E-state index contributed by atoms with van der Waals surface area (Å²) in [5.74, 6) is 1.12. The molecule has 0 bridgehead atoms. The molecule has 3 aromatic rings. The van der Waals surface area contributed by atoms with Gasteiger partial charge in [0.2, 0.25) is 11.2 Å². The molecule has 0 amide bonds. The van der Waals surface area contributed by atoms with Crippen LogP contribution >= 0.6 is 11.6 Å². The molecule has 0 aliphatic carbocycles. The summed E-state index contributed by atoms with van der Waals surface area (Å²) >= 11 is 6.21. The summed E-state index contributed by atoms with van der Waals surface area (Å²) in [5, 5.41) is 11.5. The number of hydrogen-bond acceptors (Lipinski definition) is 7. The van der Waals surface area contributed by atoms with Crippen LogP contribution in [0.3, 0.4) is 0 Å². The van der Waals surface area contributed by atoms with E-state index in [-0.39, 0.29) is 30.0 Å². The molecule has 1 aromatic heterocycles. The molecular formula is C26H30ClNO6. The number of aliphatic hydroxyl groups is 1. The molecule has 3 atom stereocenters. The van der Waals surface area contributed by atoms with Gasteiger partial charge in [0.25, 0.3) is 0 Å². The number of nitrogens with zero attached hydrogens (tertiary/aromatic N) is 1. The van der Waals surface area contributed by atoms with Gasteiger partial charge in [0, 0.05) is 30.7 Å². The maximum Gasteiger partial charge on any atom is 0.235 e. The number of rotatable bonds is 7. The predicted molar refractivity (Wildman–Crippen MR) is 131 cm³/mol. The summed E-state index contributed by atoms with van der Waals surface area (Å²) in [6.07, 6.45) is 0.926. The number of aryl methyl sites for hydroxylation is 2. The zero-order chi connectivity index (χ0) is 24.4. The second-order valence-electron chi connectivity index (χ2n) is 9.00. The molecule has 0 saturated carbocycles. The second-order valence-corrected chi connectivity index (χ2v) is 9.38. The minimum Gasteiger partial charge on any atom is -0.491 e. The van der Waals surface area contributed by atoms with Gasteiger partial charge >= 0.3 is 0 Å². The molecule has 1 aliphatic heterocycles. The first-order valence-electron chi connectivity index (χ1n) is 11.4. The predicted octanol–water partition coefficient (Wildman–Crippen LogP) is 4.70. The van der Waals surface area contributed by atoms with Gasteiger partial charge in [-0.3, -0.25) is 9.69 Å². The summed E-state index contributed by atoms with van der Waals surface area (Å²) in [5.41, 5.74) is 1.82. The maximum atomic E-state index is 12.9. The van der Waals surface area contributed by atoms with E-state index in [2.05, 4.69) is 4.90 Å². The number of halogens is 1. The first-order valence-corrected chi connectivity index (χ1v) is 11.8. The smallest absolute Gasteiger partial charge is 0.235 e. The normalized spacial score (nSPS) is 19.8. The zero-order valence-electron chi connectivity index (χ0n) is 19.8. The summed E-state index contributed by atoms with van der Waals surface area (Å²) in [4.78, 5) is 15.1. The third-order valence-corrected chi connectivity index (χ3v) is 6.35. The number of hydrogen-bond donors (Lipinski definition) is 1. The Balaban J connectivity index is 1.42. The molecule has 182 valence electrons. The van der Waals surface area contributed by atoms with Gasteiger partial charge in [-0.1, -0.05) is 11.6 Å². The topological polar surface area (TPSA) is 81.4 Å². The zero-order valence-corrected chi connectivity index (χ0v) is 20.6. The largest absolute Gasteiger partial charge is 0.491 e. The summed E-state index contributed by atoms with van der Waals surface area (Å²) in [6, 6.07) is 8.52. The van der Waals surface area contributed by atoms with Crippen LogP contribution in [-0.2, 0) is 4.74 Å². The van der Waals surface area contributed by atoms with E-state index in [1.807, 2.05) is 27.7 Å². The summed E-state index contributed by atoms with van der Waals surface area (Å²) in [6.45, 7) is 10.0. The van der Waals surface area contributed by atoms with Crippen LogP contribution in [0.25, 0.3) is 11.0 Å². The van der Waals surface area contributed by atoms with Crippen LogP contribution in [0.15, 0.2) is 45.8 Å². The molecule has 1 saturated heterocycles. The Morgan fingerprint density at radius 2 is 1.79 bits per heavy atom. The van der Waals surface area contributed by atoms with Gasteiger partial charge in [0.05, 0.1) is 17.6 Å². The van der Waals surface area contributed by atoms with Crippen LogP contribution in [0.2, 0.25) is 5.02 Å². The Morgan fingerprint density at radius 1 is 1.12 bits per heavy atom. The molecule has 2 aromatic carbocycles. The van der Waals surface area contributed by atoms with Crippen LogP contribution in [0.1, 0.15) is 25.0 Å². The van der Waals surface area contributed by atoms with Crippen LogP contribution in [0.5, 0.6) is 17.2 Å². The van der Waals surface area contributed by atoms with Gasteiger partial charge in [0.15, 0.2) is 0 Å². The van der Waals surface area contributed by atoms with Gasteiger partial charge in [0.1, 0.15) is 36.1 Å². The Kier molecular flexibility index (Phi) is 7.48. The van der Waals surface area contributed by atoms with Crippen molar-refractivity contribution >= 4 is 22.6 Å². The van der Waals surface area contributed by atoms with Crippen molar-refractivity contribution in [1.29, 1.82) is 0 Å². The van der Waals surface area contributed by atoms with Gasteiger partial charge in [-0.05, 0) is 63.1 Å². The van der Waals surface area contributed by atoms with Crippen LogP contribution in [-0.4, -0.2) is 54.6 Å². The van der Waals surface area contributed by atoms with Crippen molar-refractivity contribution in [2.45, 2.75) is 46.0 Å². The van der Waals surface area contributed by atoms with Gasteiger partial charge in [-0.25, -0.2) is 0 Å². The van der Waals surface area contributed by atoms with Gasteiger partial charge in [-0.2, -0.15) is 0 Å². The molecule has 7 nitrogen and oxygen atoms in total. The van der Waals surface area contributed by atoms with Crippen molar-refractivity contribution < 1.29 is 23.7 Å². The SMILES string of the molecule is Cc1cc(Oc2coc3cc(OCC(O)CN4CC(C)OC(C)C4)ccc3c2=O)cc(C)c1Cl. The monoisotopic (exact) mass is 487 g/mol. The van der Waals surface area contributed by atoms with Gasteiger partial charge in [-0.15, -0.1) is 0 Å². The molecular weight excluding hydrogens is 458 g/mol. The third-order valence-electron chi connectivity index (χ3n) is 5.76. The third kappa shape index (κ3) is 5.73. The number of ether oxygens (including phenoxy) is 3. The number of benzene rings is 2. The van der Waals surface area contributed by atoms with Crippen molar-refractivity contribution in [2.24, 2.45) is 0 Å². The molecule has 2 heterocycles. The lowest BCUT2D eigenvalue weighted by Gasteiger charge is -2.36. The molecule has 1 N–H and O–H groups in total.